The number of aromatic nitrogens is 2. The molecule has 1 aliphatic rings. The lowest BCUT2D eigenvalue weighted by molar-refractivity contribution is 0.0742. The Morgan fingerprint density at radius 2 is 1.57 bits per heavy atom. The Bertz CT molecular complexity index is 1060. The van der Waals surface area contributed by atoms with Crippen LogP contribution in [0.5, 0.6) is 11.5 Å². The SMILES string of the molecule is COc1cc(OC)cc(N2CCN(C(=O)c3[nH]c(=S)[nH]c3-c3ccccc3)CC2)c1. The minimum absolute atomic E-state index is 0.0518. The van der Waals surface area contributed by atoms with E-state index in [4.69, 9.17) is 21.7 Å². The fourth-order valence-corrected chi connectivity index (χ4v) is 3.87. The van der Waals surface area contributed by atoms with E-state index in [0.29, 0.717) is 36.6 Å². The molecule has 156 valence electrons. The standard InChI is InChI=1S/C22H24N4O3S/c1-28-17-12-16(13-18(14-17)29-2)25-8-10-26(11-9-25)21(27)20-19(23-22(30)24-20)15-6-4-3-5-7-15/h3-7,12-14H,8-11H2,1-2H3,(H2,23,24,30). The summed E-state index contributed by atoms with van der Waals surface area (Å²) >= 11 is 5.26. The highest BCUT2D eigenvalue weighted by Crippen LogP contribution is 2.29. The molecule has 0 spiro atoms. The monoisotopic (exact) mass is 424 g/mol. The molecular weight excluding hydrogens is 400 g/mol. The second-order valence-electron chi connectivity index (χ2n) is 7.05. The van der Waals surface area contributed by atoms with Gasteiger partial charge in [-0.05, 0) is 12.2 Å². The molecule has 2 aromatic carbocycles. The lowest BCUT2D eigenvalue weighted by Crippen LogP contribution is -2.49. The molecule has 0 radical (unpaired) electrons. The van der Waals surface area contributed by atoms with Crippen molar-refractivity contribution in [2.24, 2.45) is 0 Å². The third-order valence-electron chi connectivity index (χ3n) is 5.27. The van der Waals surface area contributed by atoms with Crippen molar-refractivity contribution in [2.75, 3.05) is 45.3 Å². The first-order chi connectivity index (χ1) is 14.6. The molecule has 0 atom stereocenters. The molecule has 7 nitrogen and oxygen atoms in total. The maximum Gasteiger partial charge on any atom is 0.272 e. The molecule has 1 aliphatic heterocycles. The molecule has 0 unspecified atom stereocenters. The van der Waals surface area contributed by atoms with Crippen LogP contribution in [-0.4, -0.2) is 61.2 Å². The van der Waals surface area contributed by atoms with E-state index in [0.717, 1.165) is 28.4 Å². The summed E-state index contributed by atoms with van der Waals surface area (Å²) in [6.45, 7) is 2.65. The maximum atomic E-state index is 13.2. The molecule has 1 saturated heterocycles. The first-order valence-electron chi connectivity index (χ1n) is 9.74. The van der Waals surface area contributed by atoms with Gasteiger partial charge in [0.2, 0.25) is 0 Å². The number of imidazole rings is 1. The Balaban J connectivity index is 1.50. The first kappa shape index (κ1) is 20.0. The van der Waals surface area contributed by atoms with Gasteiger partial charge >= 0.3 is 0 Å². The van der Waals surface area contributed by atoms with Crippen molar-refractivity contribution in [1.82, 2.24) is 14.9 Å². The molecule has 0 bridgehead atoms. The van der Waals surface area contributed by atoms with Gasteiger partial charge in [0.25, 0.3) is 5.91 Å². The van der Waals surface area contributed by atoms with Gasteiger partial charge in [-0.2, -0.15) is 0 Å². The van der Waals surface area contributed by atoms with Gasteiger partial charge in [-0.1, -0.05) is 30.3 Å². The summed E-state index contributed by atoms with van der Waals surface area (Å²) in [6.07, 6.45) is 0. The molecule has 30 heavy (non-hydrogen) atoms. The first-order valence-corrected chi connectivity index (χ1v) is 10.1. The summed E-state index contributed by atoms with van der Waals surface area (Å²) in [6, 6.07) is 15.6. The van der Waals surface area contributed by atoms with E-state index in [1.807, 2.05) is 53.4 Å². The van der Waals surface area contributed by atoms with Gasteiger partial charge in [0.05, 0.1) is 19.9 Å². The molecule has 1 amide bonds. The van der Waals surface area contributed by atoms with E-state index in [1.165, 1.54) is 0 Å². The predicted octanol–water partition coefficient (Wildman–Crippen LogP) is 3.72. The van der Waals surface area contributed by atoms with E-state index in [2.05, 4.69) is 14.9 Å². The molecule has 8 heteroatoms. The third kappa shape index (κ3) is 4.04. The van der Waals surface area contributed by atoms with Crippen molar-refractivity contribution in [2.45, 2.75) is 0 Å². The lowest BCUT2D eigenvalue weighted by atomic mass is 10.1. The zero-order chi connectivity index (χ0) is 21.1. The summed E-state index contributed by atoms with van der Waals surface area (Å²) in [7, 11) is 3.28. The fourth-order valence-electron chi connectivity index (χ4n) is 3.67. The van der Waals surface area contributed by atoms with Crippen LogP contribution in [0.1, 0.15) is 10.5 Å². The number of H-pyrrole nitrogens is 2. The van der Waals surface area contributed by atoms with Crippen molar-refractivity contribution in [3.8, 4) is 22.8 Å². The Hall–Kier alpha value is -3.26. The van der Waals surface area contributed by atoms with Gasteiger partial charge < -0.3 is 29.2 Å². The molecular formula is C22H24N4O3S. The summed E-state index contributed by atoms with van der Waals surface area (Å²) in [5.74, 6) is 1.44. The number of hydrogen-bond donors (Lipinski definition) is 2. The van der Waals surface area contributed by atoms with Gasteiger partial charge in [-0.15, -0.1) is 0 Å². The van der Waals surface area contributed by atoms with Gasteiger partial charge in [0.15, 0.2) is 4.77 Å². The molecule has 3 aromatic rings. The predicted molar refractivity (Wildman–Crippen MR) is 119 cm³/mol. The molecule has 2 heterocycles. The minimum Gasteiger partial charge on any atom is -0.497 e. The highest BCUT2D eigenvalue weighted by molar-refractivity contribution is 7.71. The Kier molecular flexibility index (Phi) is 5.76. The Labute approximate surface area is 180 Å². The normalized spacial score (nSPS) is 13.9. The maximum absolute atomic E-state index is 13.2. The zero-order valence-electron chi connectivity index (χ0n) is 17.0. The van der Waals surface area contributed by atoms with Crippen LogP contribution in [0.15, 0.2) is 48.5 Å². The van der Waals surface area contributed by atoms with Crippen LogP contribution in [-0.2, 0) is 0 Å². The number of rotatable bonds is 5. The van der Waals surface area contributed by atoms with E-state index < -0.39 is 0 Å². The molecule has 1 aromatic heterocycles. The van der Waals surface area contributed by atoms with Crippen LogP contribution in [0.25, 0.3) is 11.3 Å². The van der Waals surface area contributed by atoms with Crippen LogP contribution < -0.4 is 14.4 Å². The number of piperazine rings is 1. The average Bonchev–Trinajstić information content (AvgIpc) is 3.20. The number of anilines is 1. The van der Waals surface area contributed by atoms with E-state index in [1.54, 1.807) is 14.2 Å². The summed E-state index contributed by atoms with van der Waals surface area (Å²) < 4.78 is 11.2. The van der Waals surface area contributed by atoms with Crippen molar-refractivity contribution in [1.29, 1.82) is 0 Å². The number of carbonyl (C=O) groups is 1. The van der Waals surface area contributed by atoms with Crippen LogP contribution >= 0.6 is 12.2 Å². The average molecular weight is 425 g/mol. The van der Waals surface area contributed by atoms with Crippen LogP contribution in [0.4, 0.5) is 5.69 Å². The lowest BCUT2D eigenvalue weighted by Gasteiger charge is -2.36. The second kappa shape index (κ2) is 8.62. The number of nitrogens with one attached hydrogen (secondary N) is 2. The van der Waals surface area contributed by atoms with Crippen LogP contribution in [0.2, 0.25) is 0 Å². The number of aromatic amines is 2. The number of benzene rings is 2. The number of ether oxygens (including phenoxy) is 2. The Morgan fingerprint density at radius 1 is 0.933 bits per heavy atom. The van der Waals surface area contributed by atoms with Crippen molar-refractivity contribution in [3.63, 3.8) is 0 Å². The largest absolute Gasteiger partial charge is 0.497 e. The van der Waals surface area contributed by atoms with Gasteiger partial charge in [0, 0.05) is 55.6 Å². The molecule has 0 saturated carbocycles. The van der Waals surface area contributed by atoms with E-state index in [-0.39, 0.29) is 5.91 Å². The summed E-state index contributed by atoms with van der Waals surface area (Å²) in [4.78, 5) is 23.5. The Morgan fingerprint density at radius 3 is 2.17 bits per heavy atom. The second-order valence-corrected chi connectivity index (χ2v) is 7.45. The minimum atomic E-state index is -0.0518. The smallest absolute Gasteiger partial charge is 0.272 e. The van der Waals surface area contributed by atoms with Gasteiger partial charge in [0.1, 0.15) is 17.2 Å². The fraction of sp³-hybridized carbons (Fsp3) is 0.273. The van der Waals surface area contributed by atoms with Gasteiger partial charge in [-0.3, -0.25) is 4.79 Å². The molecule has 4 rings (SSSR count). The summed E-state index contributed by atoms with van der Waals surface area (Å²) in [5.41, 5.74) is 3.17. The zero-order valence-corrected chi connectivity index (χ0v) is 17.8. The van der Waals surface area contributed by atoms with E-state index >= 15 is 0 Å². The molecule has 2 N–H and O–H groups in total. The number of amides is 1. The molecule has 0 aliphatic carbocycles. The van der Waals surface area contributed by atoms with Crippen molar-refractivity contribution >= 4 is 23.8 Å². The number of hydrogen-bond acceptors (Lipinski definition) is 5. The highest BCUT2D eigenvalue weighted by Gasteiger charge is 2.26. The number of methoxy groups -OCH3 is 2. The van der Waals surface area contributed by atoms with E-state index in [9.17, 15) is 4.79 Å². The van der Waals surface area contributed by atoms with Crippen molar-refractivity contribution < 1.29 is 14.3 Å². The number of nitrogens with zero attached hydrogens (tertiary/aromatic N) is 2. The van der Waals surface area contributed by atoms with Crippen LogP contribution in [0, 0.1) is 4.77 Å². The topological polar surface area (TPSA) is 73.6 Å². The summed E-state index contributed by atoms with van der Waals surface area (Å²) in [5, 5.41) is 0. The van der Waals surface area contributed by atoms with Crippen LogP contribution in [0.3, 0.4) is 0 Å². The number of carbonyl (C=O) groups excluding carboxylic acids is 1. The quantitative estimate of drug-likeness (QED) is 0.611. The molecule has 1 fully saturated rings. The van der Waals surface area contributed by atoms with Gasteiger partial charge in [-0.25, -0.2) is 0 Å². The van der Waals surface area contributed by atoms with Crippen molar-refractivity contribution in [3.05, 3.63) is 59.0 Å². The highest BCUT2D eigenvalue weighted by atomic mass is 32.1. The third-order valence-corrected chi connectivity index (χ3v) is 5.48.